The van der Waals surface area contributed by atoms with Crippen LogP contribution in [-0.4, -0.2) is 56.4 Å². The fourth-order valence-corrected chi connectivity index (χ4v) is 4.16. The molecule has 0 aliphatic carbocycles. The van der Waals surface area contributed by atoms with Crippen LogP contribution in [0.3, 0.4) is 0 Å². The van der Waals surface area contributed by atoms with Crippen molar-refractivity contribution in [1.82, 2.24) is 24.6 Å². The quantitative estimate of drug-likeness (QED) is 0.509. The van der Waals surface area contributed by atoms with Gasteiger partial charge in [0.15, 0.2) is 11.0 Å². The van der Waals surface area contributed by atoms with Crippen LogP contribution in [0.15, 0.2) is 47.9 Å². The lowest BCUT2D eigenvalue weighted by Gasteiger charge is -2.16. The van der Waals surface area contributed by atoms with E-state index in [1.807, 2.05) is 51.1 Å². The number of anilines is 1. The molecule has 0 radical (unpaired) electrons. The maximum absolute atomic E-state index is 12.9. The number of thioether (sulfide) groups is 1. The van der Waals surface area contributed by atoms with Crippen LogP contribution in [-0.2, 0) is 11.3 Å². The van der Waals surface area contributed by atoms with Crippen LogP contribution in [0, 0.1) is 13.8 Å². The van der Waals surface area contributed by atoms with Gasteiger partial charge in [-0.25, -0.2) is 0 Å². The average Bonchev–Trinajstić information content (AvgIpc) is 3.13. The molecule has 0 saturated carbocycles. The monoisotopic (exact) mass is 438 g/mol. The van der Waals surface area contributed by atoms with E-state index >= 15 is 0 Å². The summed E-state index contributed by atoms with van der Waals surface area (Å²) in [5.41, 5.74) is 3.95. The Labute approximate surface area is 188 Å². The third-order valence-electron chi connectivity index (χ3n) is 5.02. The lowest BCUT2D eigenvalue weighted by Crippen LogP contribution is -2.24. The van der Waals surface area contributed by atoms with Gasteiger partial charge in [-0.2, -0.15) is 0 Å². The number of para-hydroxylation sites is 1. The first-order valence-corrected chi connectivity index (χ1v) is 11.3. The molecule has 2 heterocycles. The molecule has 164 valence electrons. The Morgan fingerprint density at radius 1 is 1.13 bits per heavy atom. The summed E-state index contributed by atoms with van der Waals surface area (Å²) < 4.78 is 2.10. The number of aryl methyl sites for hydroxylation is 2. The van der Waals surface area contributed by atoms with Crippen LogP contribution in [0.25, 0.3) is 11.4 Å². The molecule has 1 atom stereocenters. The molecule has 0 unspecified atom stereocenters. The Bertz CT molecular complexity index is 998. The van der Waals surface area contributed by atoms with Gasteiger partial charge in [-0.15, -0.1) is 10.2 Å². The minimum Gasteiger partial charge on any atom is -0.325 e. The topological polar surface area (TPSA) is 75.9 Å². The highest BCUT2D eigenvalue weighted by Gasteiger charge is 2.21. The Morgan fingerprint density at radius 3 is 2.45 bits per heavy atom. The van der Waals surface area contributed by atoms with E-state index < -0.39 is 0 Å². The van der Waals surface area contributed by atoms with Gasteiger partial charge in [0.2, 0.25) is 5.91 Å². The average molecular weight is 439 g/mol. The number of hydrogen-bond donors (Lipinski definition) is 1. The molecular formula is C23H30N6OS. The lowest BCUT2D eigenvalue weighted by molar-refractivity contribution is -0.115. The summed E-state index contributed by atoms with van der Waals surface area (Å²) in [5, 5.41) is 12.4. The number of rotatable bonds is 9. The van der Waals surface area contributed by atoms with Crippen LogP contribution in [0.5, 0.6) is 0 Å². The zero-order valence-electron chi connectivity index (χ0n) is 18.8. The normalized spacial score (nSPS) is 12.2. The number of amides is 1. The van der Waals surface area contributed by atoms with Gasteiger partial charge in [-0.05, 0) is 71.1 Å². The van der Waals surface area contributed by atoms with Gasteiger partial charge < -0.3 is 14.8 Å². The van der Waals surface area contributed by atoms with Crippen molar-refractivity contribution in [3.8, 4) is 11.4 Å². The summed E-state index contributed by atoms with van der Waals surface area (Å²) in [6, 6.07) is 9.86. The summed E-state index contributed by atoms with van der Waals surface area (Å²) in [7, 11) is 4.12. The molecular weight excluding hydrogens is 408 g/mol. The van der Waals surface area contributed by atoms with Crippen molar-refractivity contribution in [1.29, 1.82) is 0 Å². The molecule has 0 aliphatic rings. The maximum atomic E-state index is 12.9. The summed E-state index contributed by atoms with van der Waals surface area (Å²) >= 11 is 1.43. The first-order chi connectivity index (χ1) is 14.9. The predicted molar refractivity (Wildman–Crippen MR) is 126 cm³/mol. The highest BCUT2D eigenvalue weighted by Crippen LogP contribution is 2.28. The van der Waals surface area contributed by atoms with Gasteiger partial charge in [-0.1, -0.05) is 30.0 Å². The van der Waals surface area contributed by atoms with Crippen molar-refractivity contribution >= 4 is 23.4 Å². The molecule has 0 aliphatic heterocycles. The summed E-state index contributed by atoms with van der Waals surface area (Å²) in [6.07, 6.45) is 4.46. The van der Waals surface area contributed by atoms with E-state index in [0.717, 1.165) is 52.9 Å². The van der Waals surface area contributed by atoms with Crippen LogP contribution < -0.4 is 5.32 Å². The lowest BCUT2D eigenvalue weighted by atomic mass is 10.1. The molecule has 31 heavy (non-hydrogen) atoms. The number of benzene rings is 1. The Morgan fingerprint density at radius 2 is 1.81 bits per heavy atom. The van der Waals surface area contributed by atoms with Gasteiger partial charge in [0.05, 0.1) is 5.25 Å². The molecule has 1 aromatic carbocycles. The number of pyridine rings is 1. The maximum Gasteiger partial charge on any atom is 0.237 e. The van der Waals surface area contributed by atoms with Crippen LogP contribution in [0.4, 0.5) is 5.69 Å². The van der Waals surface area contributed by atoms with Crippen molar-refractivity contribution in [2.45, 2.75) is 44.1 Å². The third kappa shape index (κ3) is 5.92. The second kappa shape index (κ2) is 10.5. The number of nitrogens with zero attached hydrogens (tertiary/aromatic N) is 5. The van der Waals surface area contributed by atoms with E-state index in [1.165, 1.54) is 11.8 Å². The first kappa shape index (κ1) is 23.0. The molecule has 7 nitrogen and oxygen atoms in total. The summed E-state index contributed by atoms with van der Waals surface area (Å²) in [6.45, 7) is 7.64. The van der Waals surface area contributed by atoms with Gasteiger partial charge in [0.1, 0.15) is 0 Å². The van der Waals surface area contributed by atoms with Crippen molar-refractivity contribution in [3.05, 3.63) is 53.9 Å². The molecule has 1 N–H and O–H groups in total. The van der Waals surface area contributed by atoms with Gasteiger partial charge in [0, 0.05) is 30.2 Å². The van der Waals surface area contributed by atoms with Crippen molar-refractivity contribution in [2.75, 3.05) is 26.0 Å². The number of aromatic nitrogens is 4. The van der Waals surface area contributed by atoms with Crippen molar-refractivity contribution in [3.63, 3.8) is 0 Å². The number of hydrogen-bond acceptors (Lipinski definition) is 6. The standard InChI is InChI=1S/C23H30N6OS/c1-16-8-6-9-17(2)20(16)25-22(30)18(3)31-23-27-26-21(19-10-12-24-13-11-19)29(23)15-7-14-28(4)5/h6,8-13,18H,7,14-15H2,1-5H3,(H,25,30)/t18-/m0/s1. The fraction of sp³-hybridized carbons (Fsp3) is 0.391. The molecule has 3 aromatic rings. The molecule has 0 saturated heterocycles. The second-order valence-corrected chi connectivity index (χ2v) is 9.17. The molecule has 0 fully saturated rings. The highest BCUT2D eigenvalue weighted by atomic mass is 32.2. The first-order valence-electron chi connectivity index (χ1n) is 10.4. The molecule has 0 bridgehead atoms. The van der Waals surface area contributed by atoms with Gasteiger partial charge in [0.25, 0.3) is 0 Å². The minimum absolute atomic E-state index is 0.0456. The Kier molecular flexibility index (Phi) is 7.81. The van der Waals surface area contributed by atoms with E-state index in [9.17, 15) is 4.79 Å². The smallest absolute Gasteiger partial charge is 0.237 e. The van der Waals surface area contributed by atoms with E-state index in [1.54, 1.807) is 12.4 Å². The van der Waals surface area contributed by atoms with Crippen LogP contribution in [0.1, 0.15) is 24.5 Å². The second-order valence-electron chi connectivity index (χ2n) is 7.87. The van der Waals surface area contributed by atoms with Crippen molar-refractivity contribution in [2.24, 2.45) is 0 Å². The van der Waals surface area contributed by atoms with E-state index in [0.29, 0.717) is 0 Å². The van der Waals surface area contributed by atoms with Crippen LogP contribution >= 0.6 is 11.8 Å². The number of carbonyl (C=O) groups excluding carboxylic acids is 1. The van der Waals surface area contributed by atoms with Crippen molar-refractivity contribution < 1.29 is 4.79 Å². The molecule has 1 amide bonds. The molecule has 0 spiro atoms. The zero-order chi connectivity index (χ0) is 22.4. The van der Waals surface area contributed by atoms with E-state index in [4.69, 9.17) is 0 Å². The minimum atomic E-state index is -0.318. The summed E-state index contributed by atoms with van der Waals surface area (Å²) in [4.78, 5) is 19.2. The largest absolute Gasteiger partial charge is 0.325 e. The molecule has 8 heteroatoms. The fourth-order valence-electron chi connectivity index (χ4n) is 3.29. The number of carbonyl (C=O) groups is 1. The third-order valence-corrected chi connectivity index (χ3v) is 6.10. The Balaban J connectivity index is 1.79. The summed E-state index contributed by atoms with van der Waals surface area (Å²) in [5.74, 6) is 0.752. The molecule has 2 aromatic heterocycles. The Hall–Kier alpha value is -2.71. The zero-order valence-corrected chi connectivity index (χ0v) is 19.6. The van der Waals surface area contributed by atoms with Gasteiger partial charge in [-0.3, -0.25) is 9.78 Å². The predicted octanol–water partition coefficient (Wildman–Crippen LogP) is 4.03. The SMILES string of the molecule is Cc1cccc(C)c1NC(=O)[C@H](C)Sc1nnc(-c2ccncc2)n1CCCN(C)C. The van der Waals surface area contributed by atoms with E-state index in [-0.39, 0.29) is 11.2 Å². The highest BCUT2D eigenvalue weighted by molar-refractivity contribution is 8.00. The van der Waals surface area contributed by atoms with Gasteiger partial charge >= 0.3 is 0 Å². The number of nitrogens with one attached hydrogen (secondary N) is 1. The van der Waals surface area contributed by atoms with Crippen LogP contribution in [0.2, 0.25) is 0 Å². The van der Waals surface area contributed by atoms with E-state index in [2.05, 4.69) is 44.1 Å². The molecule has 3 rings (SSSR count).